The van der Waals surface area contributed by atoms with Crippen molar-refractivity contribution in [2.45, 2.75) is 24.0 Å². The van der Waals surface area contributed by atoms with Crippen LogP contribution in [0.1, 0.15) is 17.7 Å². The molecule has 0 aromatic carbocycles. The molecule has 78 valence electrons. The second kappa shape index (κ2) is 4.56. The molecule has 2 heterocycles. The third kappa shape index (κ3) is 2.35. The van der Waals surface area contributed by atoms with Crippen LogP contribution in [0.25, 0.3) is 0 Å². The molecule has 0 amide bonds. The van der Waals surface area contributed by atoms with Gasteiger partial charge in [-0.2, -0.15) is 11.8 Å². The van der Waals surface area contributed by atoms with Gasteiger partial charge in [0.1, 0.15) is 0 Å². The van der Waals surface area contributed by atoms with E-state index in [4.69, 9.17) is 5.73 Å². The van der Waals surface area contributed by atoms with Crippen LogP contribution in [0.15, 0.2) is 15.9 Å². The van der Waals surface area contributed by atoms with E-state index in [1.807, 2.05) is 11.3 Å². The molecule has 1 aliphatic rings. The first kappa shape index (κ1) is 11.0. The first-order valence-corrected chi connectivity index (χ1v) is 7.47. The van der Waals surface area contributed by atoms with Crippen LogP contribution in [0.3, 0.4) is 0 Å². The highest BCUT2D eigenvalue weighted by atomic mass is 79.9. The van der Waals surface area contributed by atoms with Gasteiger partial charge in [0.2, 0.25) is 0 Å². The number of thioether (sulfide) groups is 1. The predicted molar refractivity (Wildman–Crippen MR) is 69.2 cm³/mol. The average molecular weight is 292 g/mol. The van der Waals surface area contributed by atoms with Crippen molar-refractivity contribution >= 4 is 39.0 Å². The first-order valence-electron chi connectivity index (χ1n) is 4.81. The predicted octanol–water partition coefficient (Wildman–Crippen LogP) is 3.28. The van der Waals surface area contributed by atoms with Gasteiger partial charge in [0.05, 0.1) is 0 Å². The summed E-state index contributed by atoms with van der Waals surface area (Å²) in [7, 11) is 0. The van der Waals surface area contributed by atoms with Crippen molar-refractivity contribution in [3.05, 3.63) is 20.8 Å². The van der Waals surface area contributed by atoms with Crippen LogP contribution in [0.4, 0.5) is 0 Å². The maximum atomic E-state index is 5.90. The molecule has 1 fully saturated rings. The number of rotatable bonds is 3. The third-order valence-electron chi connectivity index (χ3n) is 2.68. The van der Waals surface area contributed by atoms with E-state index in [1.54, 1.807) is 0 Å². The SMILES string of the molecule is NCC1(Cc2cc(Br)cs2)CCCS1. The maximum absolute atomic E-state index is 5.90. The summed E-state index contributed by atoms with van der Waals surface area (Å²) in [6, 6.07) is 2.22. The van der Waals surface area contributed by atoms with Crippen LogP contribution >= 0.6 is 39.0 Å². The minimum atomic E-state index is 0.338. The Labute approximate surface area is 102 Å². The summed E-state index contributed by atoms with van der Waals surface area (Å²) in [5.74, 6) is 1.28. The van der Waals surface area contributed by atoms with Crippen molar-refractivity contribution in [3.8, 4) is 0 Å². The Morgan fingerprint density at radius 2 is 2.43 bits per heavy atom. The monoisotopic (exact) mass is 291 g/mol. The van der Waals surface area contributed by atoms with E-state index in [0.29, 0.717) is 4.75 Å². The Morgan fingerprint density at radius 1 is 1.57 bits per heavy atom. The molecule has 1 aromatic heterocycles. The molecule has 1 unspecified atom stereocenters. The van der Waals surface area contributed by atoms with Crippen molar-refractivity contribution in [1.82, 2.24) is 0 Å². The molecule has 2 rings (SSSR count). The molecule has 1 aliphatic heterocycles. The van der Waals surface area contributed by atoms with E-state index in [-0.39, 0.29) is 0 Å². The summed E-state index contributed by atoms with van der Waals surface area (Å²) in [5.41, 5.74) is 5.90. The lowest BCUT2D eigenvalue weighted by atomic mass is 9.98. The van der Waals surface area contributed by atoms with E-state index < -0.39 is 0 Å². The molecule has 0 saturated carbocycles. The number of halogens is 1. The summed E-state index contributed by atoms with van der Waals surface area (Å²) in [5, 5.41) is 2.15. The zero-order chi connectivity index (χ0) is 10.0. The largest absolute Gasteiger partial charge is 0.329 e. The molecule has 1 nitrogen and oxygen atoms in total. The molecule has 1 atom stereocenters. The van der Waals surface area contributed by atoms with Crippen molar-refractivity contribution in [1.29, 1.82) is 0 Å². The molecule has 1 saturated heterocycles. The van der Waals surface area contributed by atoms with E-state index in [1.165, 1.54) is 27.9 Å². The molecule has 1 aromatic rings. The lowest BCUT2D eigenvalue weighted by molar-refractivity contribution is 0.568. The molecule has 4 heteroatoms. The lowest BCUT2D eigenvalue weighted by Gasteiger charge is -2.25. The van der Waals surface area contributed by atoms with Gasteiger partial charge in [-0.05, 0) is 47.0 Å². The molecular weight excluding hydrogens is 278 g/mol. The van der Waals surface area contributed by atoms with E-state index in [9.17, 15) is 0 Å². The van der Waals surface area contributed by atoms with Crippen LogP contribution in [0.5, 0.6) is 0 Å². The second-order valence-corrected chi connectivity index (χ2v) is 7.22. The van der Waals surface area contributed by atoms with Gasteiger partial charge in [0, 0.05) is 26.0 Å². The van der Waals surface area contributed by atoms with Crippen molar-refractivity contribution in [2.24, 2.45) is 5.73 Å². The molecule has 0 spiro atoms. The second-order valence-electron chi connectivity index (χ2n) is 3.75. The van der Waals surface area contributed by atoms with Gasteiger partial charge in [-0.15, -0.1) is 11.3 Å². The fraction of sp³-hybridized carbons (Fsp3) is 0.600. The van der Waals surface area contributed by atoms with Gasteiger partial charge in [-0.3, -0.25) is 0 Å². The van der Waals surface area contributed by atoms with Crippen molar-refractivity contribution < 1.29 is 0 Å². The number of hydrogen-bond acceptors (Lipinski definition) is 3. The van der Waals surface area contributed by atoms with Gasteiger partial charge in [0.25, 0.3) is 0 Å². The molecule has 14 heavy (non-hydrogen) atoms. The highest BCUT2D eigenvalue weighted by molar-refractivity contribution is 9.10. The number of thiophene rings is 1. The summed E-state index contributed by atoms with van der Waals surface area (Å²) in [6.45, 7) is 0.813. The molecule has 0 bridgehead atoms. The third-order valence-corrected chi connectivity index (χ3v) is 5.99. The minimum absolute atomic E-state index is 0.338. The molecule has 0 aliphatic carbocycles. The van der Waals surface area contributed by atoms with Gasteiger partial charge in [0.15, 0.2) is 0 Å². The average Bonchev–Trinajstić information content (AvgIpc) is 2.77. The Morgan fingerprint density at radius 3 is 2.93 bits per heavy atom. The highest BCUT2D eigenvalue weighted by Crippen LogP contribution is 2.41. The zero-order valence-corrected chi connectivity index (χ0v) is 11.2. The summed E-state index contributed by atoms with van der Waals surface area (Å²) < 4.78 is 1.54. The molecule has 2 N–H and O–H groups in total. The van der Waals surface area contributed by atoms with Crippen LogP contribution in [-0.2, 0) is 6.42 Å². The van der Waals surface area contributed by atoms with Gasteiger partial charge >= 0.3 is 0 Å². The Hall–Kier alpha value is 0.490. The standard InChI is InChI=1S/C10H14BrNS2/c11-8-4-9(13-6-8)5-10(7-12)2-1-3-14-10/h4,6H,1-3,5,7,12H2. The Balaban J connectivity index is 2.08. The van der Waals surface area contributed by atoms with Crippen LogP contribution in [0, 0.1) is 0 Å². The fourth-order valence-corrected chi connectivity index (χ4v) is 4.96. The molecule has 0 radical (unpaired) electrons. The van der Waals surface area contributed by atoms with Crippen LogP contribution in [-0.4, -0.2) is 17.0 Å². The molecular formula is C10H14BrNS2. The number of hydrogen-bond donors (Lipinski definition) is 1. The van der Waals surface area contributed by atoms with Crippen LogP contribution < -0.4 is 5.73 Å². The normalized spacial score (nSPS) is 27.0. The number of nitrogens with two attached hydrogens (primary N) is 1. The maximum Gasteiger partial charge on any atom is 0.0330 e. The quantitative estimate of drug-likeness (QED) is 0.925. The van der Waals surface area contributed by atoms with E-state index in [0.717, 1.165) is 13.0 Å². The zero-order valence-electron chi connectivity index (χ0n) is 7.96. The highest BCUT2D eigenvalue weighted by Gasteiger charge is 2.33. The topological polar surface area (TPSA) is 26.0 Å². The van der Waals surface area contributed by atoms with E-state index >= 15 is 0 Å². The summed E-state index contributed by atoms with van der Waals surface area (Å²) in [6.07, 6.45) is 3.75. The smallest absolute Gasteiger partial charge is 0.0330 e. The fourth-order valence-electron chi connectivity index (χ4n) is 1.89. The first-order chi connectivity index (χ1) is 6.74. The van der Waals surface area contributed by atoms with E-state index in [2.05, 4.69) is 39.1 Å². The van der Waals surface area contributed by atoms with Crippen molar-refractivity contribution in [3.63, 3.8) is 0 Å². The van der Waals surface area contributed by atoms with Crippen molar-refractivity contribution in [2.75, 3.05) is 12.3 Å². The summed E-state index contributed by atoms with van der Waals surface area (Å²) >= 11 is 7.39. The van der Waals surface area contributed by atoms with Gasteiger partial charge in [-0.1, -0.05) is 0 Å². The lowest BCUT2D eigenvalue weighted by Crippen LogP contribution is -2.33. The van der Waals surface area contributed by atoms with Crippen LogP contribution in [0.2, 0.25) is 0 Å². The Kier molecular flexibility index (Phi) is 3.58. The Bertz CT molecular complexity index is 305. The summed E-state index contributed by atoms with van der Waals surface area (Å²) in [4.78, 5) is 1.46. The van der Waals surface area contributed by atoms with Gasteiger partial charge < -0.3 is 5.73 Å². The minimum Gasteiger partial charge on any atom is -0.329 e. The van der Waals surface area contributed by atoms with Gasteiger partial charge in [-0.25, -0.2) is 0 Å².